The summed E-state index contributed by atoms with van der Waals surface area (Å²) in [7, 11) is 0. The Morgan fingerprint density at radius 3 is 2.76 bits per heavy atom. The highest BCUT2D eigenvalue weighted by molar-refractivity contribution is 5.77. The number of rotatable bonds is 5. The molecular formula is C18H19N5O2. The second-order valence-electron chi connectivity index (χ2n) is 6.34. The van der Waals surface area contributed by atoms with Crippen LogP contribution in [0.1, 0.15) is 25.1 Å². The first-order chi connectivity index (χ1) is 12.1. The van der Waals surface area contributed by atoms with Crippen molar-refractivity contribution in [2.75, 3.05) is 0 Å². The van der Waals surface area contributed by atoms with Gasteiger partial charge in [0, 0.05) is 19.0 Å². The second-order valence-corrected chi connectivity index (χ2v) is 6.34. The molecule has 0 saturated heterocycles. The number of nitrogens with zero attached hydrogens (tertiary/aromatic N) is 4. The van der Waals surface area contributed by atoms with Crippen molar-refractivity contribution in [2.45, 2.75) is 38.8 Å². The molecule has 0 aliphatic heterocycles. The van der Waals surface area contributed by atoms with Crippen LogP contribution in [0.2, 0.25) is 0 Å². The number of para-hydroxylation sites is 1. The zero-order valence-corrected chi connectivity index (χ0v) is 14.0. The molecule has 2 aromatic heterocycles. The van der Waals surface area contributed by atoms with Gasteiger partial charge in [-0.3, -0.25) is 14.2 Å². The van der Waals surface area contributed by atoms with E-state index in [0.717, 1.165) is 18.5 Å². The van der Waals surface area contributed by atoms with Crippen molar-refractivity contribution in [3.05, 3.63) is 52.7 Å². The average Bonchev–Trinajstić information content (AvgIpc) is 3.31. The molecule has 0 unspecified atom stereocenters. The van der Waals surface area contributed by atoms with E-state index in [1.807, 2.05) is 30.3 Å². The van der Waals surface area contributed by atoms with Gasteiger partial charge in [-0.1, -0.05) is 18.2 Å². The summed E-state index contributed by atoms with van der Waals surface area (Å²) < 4.78 is 3.21. The maximum absolute atomic E-state index is 12.8. The van der Waals surface area contributed by atoms with Crippen molar-refractivity contribution in [3.8, 4) is 5.69 Å². The summed E-state index contributed by atoms with van der Waals surface area (Å²) in [5.74, 6) is 0.559. The number of hydrogen-bond acceptors (Lipinski definition) is 4. The Bertz CT molecular complexity index is 986. The first-order valence-electron chi connectivity index (χ1n) is 8.43. The lowest BCUT2D eigenvalue weighted by Crippen LogP contribution is -2.30. The Labute approximate surface area is 144 Å². The molecule has 25 heavy (non-hydrogen) atoms. The largest absolute Gasteiger partial charge is 0.353 e. The van der Waals surface area contributed by atoms with E-state index >= 15 is 0 Å². The highest BCUT2D eigenvalue weighted by Crippen LogP contribution is 2.18. The van der Waals surface area contributed by atoms with Crippen LogP contribution in [-0.4, -0.2) is 31.3 Å². The van der Waals surface area contributed by atoms with E-state index in [4.69, 9.17) is 0 Å². The van der Waals surface area contributed by atoms with Gasteiger partial charge >= 0.3 is 0 Å². The van der Waals surface area contributed by atoms with Crippen molar-refractivity contribution in [1.82, 2.24) is 24.6 Å². The number of aromatic nitrogens is 4. The molecule has 1 fully saturated rings. The molecule has 7 heteroatoms. The number of carbonyl (C=O) groups is 1. The van der Waals surface area contributed by atoms with Gasteiger partial charge in [-0.05, 0) is 31.9 Å². The molecule has 0 atom stereocenters. The van der Waals surface area contributed by atoms with Crippen LogP contribution in [0.3, 0.4) is 0 Å². The summed E-state index contributed by atoms with van der Waals surface area (Å²) in [5.41, 5.74) is 1.22. The summed E-state index contributed by atoms with van der Waals surface area (Å²) in [6.07, 6.45) is 3.92. The molecule has 7 nitrogen and oxygen atoms in total. The summed E-state index contributed by atoms with van der Waals surface area (Å²) in [6.45, 7) is 2.10. The van der Waals surface area contributed by atoms with Crippen LogP contribution in [0, 0.1) is 6.92 Å². The normalized spacial score (nSPS) is 14.0. The zero-order valence-electron chi connectivity index (χ0n) is 14.0. The van der Waals surface area contributed by atoms with Gasteiger partial charge < -0.3 is 5.32 Å². The Kier molecular flexibility index (Phi) is 3.83. The van der Waals surface area contributed by atoms with Gasteiger partial charge in [0.25, 0.3) is 5.56 Å². The van der Waals surface area contributed by atoms with Crippen molar-refractivity contribution < 1.29 is 4.79 Å². The van der Waals surface area contributed by atoms with Crippen molar-refractivity contribution in [2.24, 2.45) is 0 Å². The van der Waals surface area contributed by atoms with E-state index in [2.05, 4.69) is 15.4 Å². The third-order valence-electron chi connectivity index (χ3n) is 4.38. The monoisotopic (exact) mass is 337 g/mol. The van der Waals surface area contributed by atoms with Gasteiger partial charge in [0.1, 0.15) is 11.2 Å². The minimum absolute atomic E-state index is 0.0196. The van der Waals surface area contributed by atoms with Gasteiger partial charge in [0.2, 0.25) is 5.91 Å². The minimum atomic E-state index is -0.163. The molecule has 1 amide bonds. The van der Waals surface area contributed by atoms with E-state index in [-0.39, 0.29) is 17.9 Å². The smallest absolute Gasteiger partial charge is 0.264 e. The third kappa shape index (κ3) is 3.05. The molecule has 1 N–H and O–H groups in total. The van der Waals surface area contributed by atoms with Gasteiger partial charge in [0.05, 0.1) is 11.9 Å². The Morgan fingerprint density at radius 2 is 2.04 bits per heavy atom. The van der Waals surface area contributed by atoms with E-state index in [9.17, 15) is 9.59 Å². The fourth-order valence-corrected chi connectivity index (χ4v) is 2.87. The van der Waals surface area contributed by atoms with E-state index in [0.29, 0.717) is 29.4 Å². The van der Waals surface area contributed by atoms with Crippen LogP contribution < -0.4 is 10.9 Å². The van der Waals surface area contributed by atoms with Crippen molar-refractivity contribution in [1.29, 1.82) is 0 Å². The molecule has 1 aliphatic carbocycles. The van der Waals surface area contributed by atoms with Crippen LogP contribution in [0.25, 0.3) is 16.7 Å². The fourth-order valence-electron chi connectivity index (χ4n) is 2.87. The van der Waals surface area contributed by atoms with Gasteiger partial charge in [-0.25, -0.2) is 9.67 Å². The van der Waals surface area contributed by atoms with E-state index in [1.165, 1.54) is 6.20 Å². The molecule has 1 aliphatic rings. The fraction of sp³-hybridized carbons (Fsp3) is 0.333. The number of carbonyl (C=O) groups excluding carboxylic acids is 1. The SMILES string of the molecule is Cc1nc2c(cnn2-c2ccccc2)c(=O)n1CCC(=O)NC1CC1. The molecule has 1 aromatic carbocycles. The van der Waals surface area contributed by atoms with E-state index < -0.39 is 0 Å². The number of benzene rings is 1. The number of aryl methyl sites for hydroxylation is 1. The Morgan fingerprint density at radius 1 is 1.28 bits per heavy atom. The first kappa shape index (κ1) is 15.6. The average molecular weight is 337 g/mol. The topological polar surface area (TPSA) is 81.8 Å². The summed E-state index contributed by atoms with van der Waals surface area (Å²) in [4.78, 5) is 29.2. The third-order valence-corrected chi connectivity index (χ3v) is 4.38. The molecular weight excluding hydrogens is 318 g/mol. The van der Waals surface area contributed by atoms with Crippen LogP contribution in [0.4, 0.5) is 0 Å². The number of fused-ring (bicyclic) bond motifs is 1. The Balaban J connectivity index is 1.65. The zero-order chi connectivity index (χ0) is 17.4. The standard InChI is InChI=1S/C18H19N5O2/c1-12-20-17-15(11-19-23(17)14-5-3-2-4-6-14)18(25)22(12)10-9-16(24)21-13-7-8-13/h2-6,11,13H,7-10H2,1H3,(H,21,24). The highest BCUT2D eigenvalue weighted by Gasteiger charge is 2.23. The molecule has 1 saturated carbocycles. The van der Waals surface area contributed by atoms with Gasteiger partial charge in [0.15, 0.2) is 5.65 Å². The molecule has 4 rings (SSSR count). The quantitative estimate of drug-likeness (QED) is 0.766. The lowest BCUT2D eigenvalue weighted by Gasteiger charge is -2.10. The maximum atomic E-state index is 12.8. The molecule has 128 valence electrons. The lowest BCUT2D eigenvalue weighted by atomic mass is 10.3. The second kappa shape index (κ2) is 6.16. The number of hydrogen-bond donors (Lipinski definition) is 1. The maximum Gasteiger partial charge on any atom is 0.264 e. The molecule has 0 spiro atoms. The van der Waals surface area contributed by atoms with Gasteiger partial charge in [-0.2, -0.15) is 5.10 Å². The van der Waals surface area contributed by atoms with Crippen molar-refractivity contribution in [3.63, 3.8) is 0 Å². The number of nitrogens with one attached hydrogen (secondary N) is 1. The molecule has 2 heterocycles. The molecule has 3 aromatic rings. The molecule has 0 radical (unpaired) electrons. The minimum Gasteiger partial charge on any atom is -0.353 e. The highest BCUT2D eigenvalue weighted by atomic mass is 16.2. The van der Waals surface area contributed by atoms with Crippen LogP contribution in [0.5, 0.6) is 0 Å². The molecule has 0 bridgehead atoms. The summed E-state index contributed by atoms with van der Waals surface area (Å²) in [6, 6.07) is 9.90. The summed E-state index contributed by atoms with van der Waals surface area (Å²) in [5, 5.41) is 7.70. The van der Waals surface area contributed by atoms with Crippen molar-refractivity contribution >= 4 is 16.9 Å². The first-order valence-corrected chi connectivity index (χ1v) is 8.43. The van der Waals surface area contributed by atoms with Crippen LogP contribution in [-0.2, 0) is 11.3 Å². The summed E-state index contributed by atoms with van der Waals surface area (Å²) >= 11 is 0. The van der Waals surface area contributed by atoms with E-state index in [1.54, 1.807) is 16.2 Å². The van der Waals surface area contributed by atoms with Crippen LogP contribution >= 0.6 is 0 Å². The predicted octanol–water partition coefficient (Wildman–Crippen LogP) is 1.56. The Hall–Kier alpha value is -2.96. The number of amides is 1. The predicted molar refractivity (Wildman–Crippen MR) is 93.6 cm³/mol. The van der Waals surface area contributed by atoms with Crippen LogP contribution in [0.15, 0.2) is 41.3 Å². The lowest BCUT2D eigenvalue weighted by molar-refractivity contribution is -0.121. The van der Waals surface area contributed by atoms with Gasteiger partial charge in [-0.15, -0.1) is 0 Å².